The number of rotatable bonds is 6. The maximum absolute atomic E-state index is 12.5. The average Bonchev–Trinajstić information content (AvgIpc) is 3.00. The van der Waals surface area contributed by atoms with Gasteiger partial charge in [0.15, 0.2) is 5.13 Å². The van der Waals surface area contributed by atoms with Crippen LogP contribution in [-0.4, -0.2) is 29.8 Å². The minimum atomic E-state index is -4.21. The van der Waals surface area contributed by atoms with Crippen molar-refractivity contribution in [3.05, 3.63) is 11.1 Å². The van der Waals surface area contributed by atoms with E-state index in [-0.39, 0.29) is 6.04 Å². The van der Waals surface area contributed by atoms with Crippen molar-refractivity contribution < 1.29 is 13.2 Å². The van der Waals surface area contributed by atoms with E-state index in [1.807, 2.05) is 0 Å². The maximum atomic E-state index is 12.5. The highest BCUT2D eigenvalue weighted by Crippen LogP contribution is 2.28. The minimum absolute atomic E-state index is 0.225. The Kier molecular flexibility index (Phi) is 4.35. The monoisotopic (exact) mass is 293 g/mol. The summed E-state index contributed by atoms with van der Waals surface area (Å²) in [6.07, 6.45) is -0.154. The van der Waals surface area contributed by atoms with Gasteiger partial charge in [0.05, 0.1) is 0 Å². The lowest BCUT2D eigenvalue weighted by atomic mass is 10.3. The number of nitrogens with zero attached hydrogens (tertiary/aromatic N) is 2. The third-order valence-electron chi connectivity index (χ3n) is 2.90. The second-order valence-electron chi connectivity index (χ2n) is 5.10. The van der Waals surface area contributed by atoms with Crippen molar-refractivity contribution >= 4 is 16.5 Å². The van der Waals surface area contributed by atoms with Crippen LogP contribution in [0.3, 0.4) is 0 Å². The number of anilines is 1. The van der Waals surface area contributed by atoms with Gasteiger partial charge in [-0.15, -0.1) is 11.3 Å². The molecule has 1 aliphatic rings. The van der Waals surface area contributed by atoms with Crippen molar-refractivity contribution in [2.75, 3.05) is 11.4 Å². The van der Waals surface area contributed by atoms with Gasteiger partial charge in [0.25, 0.3) is 0 Å². The van der Waals surface area contributed by atoms with Gasteiger partial charge >= 0.3 is 6.18 Å². The molecule has 0 saturated heterocycles. The van der Waals surface area contributed by atoms with Crippen LogP contribution in [0, 0.1) is 0 Å². The van der Waals surface area contributed by atoms with Gasteiger partial charge in [-0.3, -0.25) is 0 Å². The molecule has 0 aromatic carbocycles. The highest BCUT2D eigenvalue weighted by atomic mass is 32.1. The molecule has 3 nitrogen and oxygen atoms in total. The summed E-state index contributed by atoms with van der Waals surface area (Å²) in [4.78, 5) is 6.40. The Morgan fingerprint density at radius 1 is 1.47 bits per heavy atom. The molecular formula is C12H18F3N3S. The van der Waals surface area contributed by atoms with E-state index in [9.17, 15) is 13.2 Å². The van der Waals surface area contributed by atoms with E-state index in [4.69, 9.17) is 0 Å². The van der Waals surface area contributed by atoms with E-state index in [1.165, 1.54) is 29.1 Å². The van der Waals surface area contributed by atoms with E-state index in [0.29, 0.717) is 17.7 Å². The first-order chi connectivity index (χ1) is 8.85. The quantitative estimate of drug-likeness (QED) is 0.873. The lowest BCUT2D eigenvalue weighted by Crippen LogP contribution is -2.39. The van der Waals surface area contributed by atoms with Crippen LogP contribution < -0.4 is 10.2 Å². The normalized spacial score (nSPS) is 16.1. The predicted octanol–water partition coefficient (Wildman–Crippen LogP) is 3.17. The van der Waals surface area contributed by atoms with E-state index in [2.05, 4.69) is 10.3 Å². The first kappa shape index (κ1) is 14.6. The van der Waals surface area contributed by atoms with Crippen molar-refractivity contribution in [2.24, 2.45) is 0 Å². The van der Waals surface area contributed by atoms with Gasteiger partial charge in [0, 0.05) is 29.7 Å². The van der Waals surface area contributed by atoms with Crippen LogP contribution in [0.2, 0.25) is 0 Å². The third kappa shape index (κ3) is 4.65. The lowest BCUT2D eigenvalue weighted by Gasteiger charge is -2.26. The number of alkyl halides is 3. The number of hydrogen-bond acceptors (Lipinski definition) is 4. The summed E-state index contributed by atoms with van der Waals surface area (Å²) < 4.78 is 37.6. The second kappa shape index (κ2) is 5.66. The molecule has 0 spiro atoms. The van der Waals surface area contributed by atoms with Gasteiger partial charge in [0.2, 0.25) is 0 Å². The molecule has 1 saturated carbocycles. The number of hydrogen-bond donors (Lipinski definition) is 1. The van der Waals surface area contributed by atoms with Crippen molar-refractivity contribution in [1.82, 2.24) is 10.3 Å². The van der Waals surface area contributed by atoms with Crippen LogP contribution in [0.4, 0.5) is 18.3 Å². The van der Waals surface area contributed by atoms with Crippen LogP contribution in [-0.2, 0) is 6.54 Å². The SMILES string of the molecule is CC(C)N(CC(F)(F)F)c1ncc(CNC2CC2)s1. The molecule has 1 heterocycles. The summed E-state index contributed by atoms with van der Waals surface area (Å²) in [7, 11) is 0. The molecule has 0 amide bonds. The fourth-order valence-corrected chi connectivity index (χ4v) is 2.70. The highest BCUT2D eigenvalue weighted by Gasteiger charge is 2.33. The summed E-state index contributed by atoms with van der Waals surface area (Å²) in [5.74, 6) is 0. The van der Waals surface area contributed by atoms with E-state index < -0.39 is 12.7 Å². The van der Waals surface area contributed by atoms with Crippen molar-refractivity contribution in [3.8, 4) is 0 Å². The molecule has 0 bridgehead atoms. The van der Waals surface area contributed by atoms with Crippen LogP contribution in [0.5, 0.6) is 0 Å². The lowest BCUT2D eigenvalue weighted by molar-refractivity contribution is -0.120. The predicted molar refractivity (Wildman–Crippen MR) is 70.5 cm³/mol. The number of nitrogens with one attached hydrogen (secondary N) is 1. The molecule has 108 valence electrons. The number of thiazole rings is 1. The standard InChI is InChI=1S/C12H18F3N3S/c1-8(2)18(7-12(13,14)15)11-17-6-10(19-11)5-16-9-3-4-9/h6,8-9,16H,3-5,7H2,1-2H3. The van der Waals surface area contributed by atoms with E-state index in [1.54, 1.807) is 20.0 Å². The molecule has 2 rings (SSSR count). The van der Waals surface area contributed by atoms with Gasteiger partial charge in [-0.1, -0.05) is 0 Å². The molecular weight excluding hydrogens is 275 g/mol. The van der Waals surface area contributed by atoms with Gasteiger partial charge in [-0.25, -0.2) is 4.98 Å². The Morgan fingerprint density at radius 3 is 2.68 bits per heavy atom. The fourth-order valence-electron chi connectivity index (χ4n) is 1.71. The summed E-state index contributed by atoms with van der Waals surface area (Å²) in [6, 6.07) is 0.360. The summed E-state index contributed by atoms with van der Waals surface area (Å²) in [5.41, 5.74) is 0. The van der Waals surface area contributed by atoms with Crippen molar-refractivity contribution in [1.29, 1.82) is 0 Å². The van der Waals surface area contributed by atoms with Gasteiger partial charge in [-0.05, 0) is 26.7 Å². The van der Waals surface area contributed by atoms with Crippen LogP contribution >= 0.6 is 11.3 Å². The molecule has 0 aliphatic heterocycles. The highest BCUT2D eigenvalue weighted by molar-refractivity contribution is 7.15. The molecule has 7 heteroatoms. The zero-order valence-corrected chi connectivity index (χ0v) is 11.8. The molecule has 1 N–H and O–H groups in total. The zero-order valence-electron chi connectivity index (χ0n) is 11.0. The molecule has 1 aliphatic carbocycles. The molecule has 0 radical (unpaired) electrons. The van der Waals surface area contributed by atoms with Crippen LogP contribution in [0.1, 0.15) is 31.6 Å². The van der Waals surface area contributed by atoms with E-state index in [0.717, 1.165) is 4.88 Å². The average molecular weight is 293 g/mol. The Bertz CT molecular complexity index is 413. The Labute approximate surface area is 114 Å². The molecule has 1 fully saturated rings. The molecule has 19 heavy (non-hydrogen) atoms. The van der Waals surface area contributed by atoms with Gasteiger partial charge in [0.1, 0.15) is 6.54 Å². The van der Waals surface area contributed by atoms with Crippen LogP contribution in [0.15, 0.2) is 6.20 Å². The van der Waals surface area contributed by atoms with Crippen LogP contribution in [0.25, 0.3) is 0 Å². The molecule has 1 aromatic rings. The topological polar surface area (TPSA) is 28.2 Å². The number of halogens is 3. The zero-order chi connectivity index (χ0) is 14.0. The van der Waals surface area contributed by atoms with Crippen molar-refractivity contribution in [3.63, 3.8) is 0 Å². The first-order valence-corrected chi connectivity index (χ1v) is 7.18. The number of aromatic nitrogens is 1. The summed E-state index contributed by atoms with van der Waals surface area (Å²) >= 11 is 1.33. The molecule has 0 unspecified atom stereocenters. The van der Waals surface area contributed by atoms with E-state index >= 15 is 0 Å². The Hall–Kier alpha value is -0.820. The Balaban J connectivity index is 1.99. The molecule has 0 atom stereocenters. The second-order valence-corrected chi connectivity index (χ2v) is 6.19. The minimum Gasteiger partial charge on any atom is -0.337 e. The maximum Gasteiger partial charge on any atom is 0.406 e. The largest absolute Gasteiger partial charge is 0.406 e. The van der Waals surface area contributed by atoms with Gasteiger partial charge in [-0.2, -0.15) is 13.2 Å². The smallest absolute Gasteiger partial charge is 0.337 e. The Morgan fingerprint density at radius 2 is 2.16 bits per heavy atom. The summed E-state index contributed by atoms with van der Waals surface area (Å²) in [6.45, 7) is 3.23. The van der Waals surface area contributed by atoms with Crippen molar-refractivity contribution in [2.45, 2.75) is 51.5 Å². The third-order valence-corrected chi connectivity index (χ3v) is 3.94. The van der Waals surface area contributed by atoms with Gasteiger partial charge < -0.3 is 10.2 Å². The fraction of sp³-hybridized carbons (Fsp3) is 0.750. The first-order valence-electron chi connectivity index (χ1n) is 6.36. The summed E-state index contributed by atoms with van der Waals surface area (Å²) in [5, 5.41) is 3.78. The molecule has 1 aromatic heterocycles.